The first-order valence-corrected chi connectivity index (χ1v) is 6.09. The largest absolute Gasteiger partial charge is 0.436 e. The molecule has 0 aliphatic rings. The van der Waals surface area contributed by atoms with Crippen molar-refractivity contribution >= 4 is 34.5 Å². The van der Waals surface area contributed by atoms with Gasteiger partial charge in [-0.05, 0) is 30.3 Å². The molecule has 4 nitrogen and oxygen atoms in total. The molecule has 0 aliphatic heterocycles. The van der Waals surface area contributed by atoms with Gasteiger partial charge in [-0.3, -0.25) is 0 Å². The Kier molecular flexibility index (Phi) is 3.25. The maximum absolute atomic E-state index is 13.3. The molecule has 0 saturated heterocycles. The van der Waals surface area contributed by atoms with Crippen LogP contribution in [0.15, 0.2) is 39.7 Å². The average molecular weight is 307 g/mol. The zero-order valence-electron chi connectivity index (χ0n) is 10.2. The Labute approximate surface area is 121 Å². The molecule has 1 heterocycles. The molecule has 0 amide bonds. The lowest BCUT2D eigenvalue weighted by Gasteiger charge is -2.00. The van der Waals surface area contributed by atoms with E-state index in [-0.39, 0.29) is 16.5 Å². The van der Waals surface area contributed by atoms with Crippen LogP contribution in [0.2, 0.25) is 5.02 Å². The van der Waals surface area contributed by atoms with Crippen LogP contribution in [0.3, 0.4) is 0 Å². The first kappa shape index (κ1) is 13.4. The van der Waals surface area contributed by atoms with Crippen molar-refractivity contribution in [2.45, 2.75) is 0 Å². The van der Waals surface area contributed by atoms with Gasteiger partial charge in [0.25, 0.3) is 0 Å². The molecule has 3 aromatic rings. The number of aliphatic imine (C=N–C) groups is 1. The lowest BCUT2D eigenvalue weighted by molar-refractivity contribution is 0.508. The van der Waals surface area contributed by atoms with Gasteiger partial charge in [0, 0.05) is 0 Å². The summed E-state index contributed by atoms with van der Waals surface area (Å²) in [6.07, 6.45) is 1.41. The smallest absolute Gasteiger partial charge is 0.240 e. The fraction of sp³-hybridized carbons (Fsp3) is 0. The van der Waals surface area contributed by atoms with E-state index < -0.39 is 11.6 Å². The van der Waals surface area contributed by atoms with Gasteiger partial charge in [0.2, 0.25) is 12.0 Å². The summed E-state index contributed by atoms with van der Waals surface area (Å²) in [5.41, 5.74) is 1.29. The molecule has 3 rings (SSSR count). The summed E-state index contributed by atoms with van der Waals surface area (Å²) in [6, 6.07) is 6.35. The molecule has 0 aliphatic carbocycles. The van der Waals surface area contributed by atoms with E-state index in [1.54, 1.807) is 6.07 Å². The van der Waals surface area contributed by atoms with E-state index in [0.717, 1.165) is 12.1 Å². The van der Waals surface area contributed by atoms with Crippen molar-refractivity contribution in [1.82, 2.24) is 4.98 Å². The van der Waals surface area contributed by atoms with Crippen molar-refractivity contribution in [3.8, 4) is 11.5 Å². The van der Waals surface area contributed by atoms with Gasteiger partial charge in [0.05, 0.1) is 16.3 Å². The monoisotopic (exact) mass is 306 g/mol. The number of hydrogen-bond acceptors (Lipinski definition) is 4. The van der Waals surface area contributed by atoms with Gasteiger partial charge >= 0.3 is 0 Å². The van der Waals surface area contributed by atoms with Crippen LogP contribution < -0.4 is 0 Å². The molecule has 0 radical (unpaired) electrons. The SMILES string of the molecule is O=C=Nc1ccc2oc(-c3cc(F)c(F)cc3Cl)nc2c1. The molecule has 0 fully saturated rings. The highest BCUT2D eigenvalue weighted by molar-refractivity contribution is 6.33. The molecule has 0 atom stereocenters. The molecule has 0 unspecified atom stereocenters. The second kappa shape index (κ2) is 5.09. The summed E-state index contributed by atoms with van der Waals surface area (Å²) in [4.78, 5) is 17.8. The highest BCUT2D eigenvalue weighted by Gasteiger charge is 2.15. The summed E-state index contributed by atoms with van der Waals surface area (Å²) >= 11 is 5.87. The zero-order chi connectivity index (χ0) is 15.0. The van der Waals surface area contributed by atoms with E-state index in [2.05, 4.69) is 9.98 Å². The van der Waals surface area contributed by atoms with Crippen LogP contribution in [0.1, 0.15) is 0 Å². The number of carbonyl (C=O) groups excluding carboxylic acids is 1. The summed E-state index contributed by atoms with van der Waals surface area (Å²) in [5.74, 6) is -2.06. The standard InChI is InChI=1S/C14H5ClF2N2O2/c15-9-5-11(17)10(16)4-8(9)14-19-12-3-7(18-6-20)1-2-13(12)21-14/h1-5H. The Morgan fingerprint density at radius 1 is 1.19 bits per heavy atom. The number of nitrogens with zero attached hydrogens (tertiary/aromatic N) is 2. The zero-order valence-corrected chi connectivity index (χ0v) is 11.0. The van der Waals surface area contributed by atoms with Crippen molar-refractivity contribution in [1.29, 1.82) is 0 Å². The summed E-state index contributed by atoms with van der Waals surface area (Å²) in [7, 11) is 0. The number of halogens is 3. The number of benzene rings is 2. The Balaban J connectivity index is 2.17. The number of fused-ring (bicyclic) bond motifs is 1. The first-order valence-electron chi connectivity index (χ1n) is 5.72. The van der Waals surface area contributed by atoms with Crippen LogP contribution in [0.4, 0.5) is 14.5 Å². The Morgan fingerprint density at radius 3 is 2.71 bits per heavy atom. The lowest BCUT2D eigenvalue weighted by Crippen LogP contribution is -1.87. The van der Waals surface area contributed by atoms with Crippen LogP contribution >= 0.6 is 11.6 Å². The highest BCUT2D eigenvalue weighted by Crippen LogP contribution is 2.32. The van der Waals surface area contributed by atoms with Gasteiger partial charge in [-0.1, -0.05) is 11.6 Å². The van der Waals surface area contributed by atoms with E-state index in [9.17, 15) is 13.6 Å². The maximum atomic E-state index is 13.3. The normalized spacial score (nSPS) is 10.6. The van der Waals surface area contributed by atoms with E-state index in [1.165, 1.54) is 18.2 Å². The number of oxazole rings is 1. The Morgan fingerprint density at radius 2 is 1.95 bits per heavy atom. The number of hydrogen-bond donors (Lipinski definition) is 0. The van der Waals surface area contributed by atoms with E-state index in [1.807, 2.05) is 0 Å². The molecule has 7 heteroatoms. The quantitative estimate of drug-likeness (QED) is 0.401. The van der Waals surface area contributed by atoms with E-state index >= 15 is 0 Å². The van der Waals surface area contributed by atoms with Crippen molar-refractivity contribution < 1.29 is 18.0 Å². The molecule has 0 spiro atoms. The molecule has 0 N–H and O–H groups in total. The van der Waals surface area contributed by atoms with Crippen LogP contribution in [0, 0.1) is 11.6 Å². The van der Waals surface area contributed by atoms with Crippen LogP contribution in [-0.2, 0) is 4.79 Å². The molecule has 0 bridgehead atoms. The first-order chi connectivity index (χ1) is 10.1. The molecule has 0 saturated carbocycles. The third-order valence-electron chi connectivity index (χ3n) is 2.79. The van der Waals surface area contributed by atoms with Crippen LogP contribution in [0.25, 0.3) is 22.6 Å². The molecule has 104 valence electrons. The van der Waals surface area contributed by atoms with Crippen molar-refractivity contribution in [3.05, 3.63) is 47.0 Å². The molecular formula is C14H5ClF2N2O2. The number of aromatic nitrogens is 1. The summed E-state index contributed by atoms with van der Waals surface area (Å²) in [6.45, 7) is 0. The van der Waals surface area contributed by atoms with E-state index in [4.69, 9.17) is 16.0 Å². The second-order valence-electron chi connectivity index (χ2n) is 4.12. The fourth-order valence-corrected chi connectivity index (χ4v) is 2.07. The van der Waals surface area contributed by atoms with Gasteiger partial charge in [-0.2, -0.15) is 4.99 Å². The molecule has 1 aromatic heterocycles. The minimum Gasteiger partial charge on any atom is -0.436 e. The average Bonchev–Trinajstić information content (AvgIpc) is 2.86. The second-order valence-corrected chi connectivity index (χ2v) is 4.53. The van der Waals surface area contributed by atoms with Crippen molar-refractivity contribution in [2.75, 3.05) is 0 Å². The van der Waals surface area contributed by atoms with Crippen LogP contribution in [0.5, 0.6) is 0 Å². The van der Waals surface area contributed by atoms with Crippen LogP contribution in [-0.4, -0.2) is 11.1 Å². The molecular weight excluding hydrogens is 302 g/mol. The Bertz CT molecular complexity index is 901. The lowest BCUT2D eigenvalue weighted by atomic mass is 10.2. The van der Waals surface area contributed by atoms with Gasteiger partial charge in [-0.25, -0.2) is 18.6 Å². The molecule has 21 heavy (non-hydrogen) atoms. The number of rotatable bonds is 2. The predicted octanol–water partition coefficient (Wildman–Crippen LogP) is 4.39. The minimum absolute atomic E-state index is 0.0217. The van der Waals surface area contributed by atoms with Gasteiger partial charge < -0.3 is 4.42 Å². The third kappa shape index (κ3) is 2.42. The minimum atomic E-state index is -1.05. The van der Waals surface area contributed by atoms with Crippen molar-refractivity contribution in [2.24, 2.45) is 4.99 Å². The van der Waals surface area contributed by atoms with Gasteiger partial charge in [-0.15, -0.1) is 0 Å². The predicted molar refractivity (Wildman–Crippen MR) is 72.2 cm³/mol. The van der Waals surface area contributed by atoms with Gasteiger partial charge in [0.1, 0.15) is 5.52 Å². The summed E-state index contributed by atoms with van der Waals surface area (Å²) in [5, 5.41) is -0.0217. The third-order valence-corrected chi connectivity index (χ3v) is 3.10. The highest BCUT2D eigenvalue weighted by atomic mass is 35.5. The molecule has 2 aromatic carbocycles. The van der Waals surface area contributed by atoms with Gasteiger partial charge in [0.15, 0.2) is 17.2 Å². The summed E-state index contributed by atoms with van der Waals surface area (Å²) < 4.78 is 31.8. The van der Waals surface area contributed by atoms with Crippen molar-refractivity contribution in [3.63, 3.8) is 0 Å². The topological polar surface area (TPSA) is 55.5 Å². The Hall–Kier alpha value is -2.56. The fourth-order valence-electron chi connectivity index (χ4n) is 1.84. The number of isocyanates is 1. The maximum Gasteiger partial charge on any atom is 0.240 e. The van der Waals surface area contributed by atoms with E-state index in [0.29, 0.717) is 16.8 Å².